The predicted octanol–water partition coefficient (Wildman–Crippen LogP) is -1.90. The molecule has 0 saturated carbocycles. The monoisotopic (exact) mass is 593 g/mol. The Hall–Kier alpha value is -1.65. The van der Waals surface area contributed by atoms with Gasteiger partial charge in [0.2, 0.25) is 0 Å². The van der Waals surface area contributed by atoms with Crippen LogP contribution in [0.15, 0.2) is 4.79 Å². The lowest BCUT2D eigenvalue weighted by molar-refractivity contribution is -0.381. The zero-order valence-electron chi connectivity index (χ0n) is 16.3. The number of anilines is 1. The zero-order chi connectivity index (χ0) is 25.3. The Bertz CT molecular complexity index is 1660. The maximum Gasteiger partial charge on any atom is 0.634 e. The highest BCUT2D eigenvalue weighted by molar-refractivity contribution is 7.80. The van der Waals surface area contributed by atoms with Gasteiger partial charge in [-0.05, 0) is 12.9 Å². The number of aliphatic hydroxyl groups excluding tert-OH is 1. The van der Waals surface area contributed by atoms with E-state index >= 15 is 0 Å². The summed E-state index contributed by atoms with van der Waals surface area (Å²) in [6.07, 6.45) is 0. The first-order valence-electron chi connectivity index (χ1n) is 9.16. The molecule has 7 atom stereocenters. The second-order valence-corrected chi connectivity index (χ2v) is 12.4. The van der Waals surface area contributed by atoms with Crippen LogP contribution in [0.3, 0.4) is 0 Å². The maximum atomic E-state index is 13.6. The molecule has 3 fully saturated rings. The van der Waals surface area contributed by atoms with Crippen LogP contribution < -0.4 is 19.9 Å². The van der Waals surface area contributed by atoms with Gasteiger partial charge in [0.25, 0.3) is 17.5 Å². The molecule has 1 spiro atoms. The van der Waals surface area contributed by atoms with Crippen molar-refractivity contribution in [1.82, 2.24) is 19.3 Å². The van der Waals surface area contributed by atoms with Crippen molar-refractivity contribution in [3.05, 3.63) is 10.4 Å². The van der Waals surface area contributed by atoms with Crippen LogP contribution in [0.5, 0.6) is 6.01 Å². The molecule has 0 radical (unpaired) electrons. The minimum absolute atomic E-state index is 0.0128. The van der Waals surface area contributed by atoms with Crippen LogP contribution in [-0.4, -0.2) is 58.6 Å². The lowest BCUT2D eigenvalue weighted by Crippen LogP contribution is -2.66. The molecule has 0 aliphatic carbocycles. The van der Waals surface area contributed by atoms with Crippen molar-refractivity contribution < 1.29 is 74.2 Å². The summed E-state index contributed by atoms with van der Waals surface area (Å²) in [5, 5.41) is 33.0. The summed E-state index contributed by atoms with van der Waals surface area (Å²) in [6.45, 7) is -1.40. The fraction of sp³-hybridized carbons (Fsp3) is 0.500. The highest BCUT2D eigenvalue weighted by atomic mass is 32.1. The van der Waals surface area contributed by atoms with Gasteiger partial charge in [-0.2, -0.15) is 9.97 Å². The lowest BCUT2D eigenvalue weighted by Gasteiger charge is -2.39. The largest absolute Gasteiger partial charge is 0.634 e. The molecular weight excluding hydrogens is 587 g/mol. The number of ether oxygens (including phenoxy) is 1. The molecule has 194 valence electrons. The Labute approximate surface area is 199 Å². The Balaban J connectivity index is 1.57. The predicted molar refractivity (Wildman–Crippen MR) is 99.7 cm³/mol. The molecule has 8 heterocycles. The highest BCUT2D eigenvalue weighted by Gasteiger charge is 2.98. The molecule has 6 aliphatic heterocycles. The maximum absolute atomic E-state index is 13.6. The van der Waals surface area contributed by atoms with Gasteiger partial charge in [-0.25, -0.2) is 40.3 Å². The van der Waals surface area contributed by atoms with E-state index < -0.39 is 82.0 Å². The molecule has 7 unspecified atom stereocenters. The Morgan fingerprint density at radius 2 is 1.75 bits per heavy atom. The summed E-state index contributed by atoms with van der Waals surface area (Å²) in [7, 11) is -15.2. The van der Waals surface area contributed by atoms with E-state index in [-0.39, 0.29) is 5.23 Å². The van der Waals surface area contributed by atoms with Crippen LogP contribution in [0.4, 0.5) is 5.95 Å². The third kappa shape index (κ3) is 2.09. The SMILES string of the molecule is O=c1nc2n3c4c1nc1n4C4(OC5(CO)OP6(=O)OC5(O)C4(O)O6)OP(=O)(OS)ON2OP(=O)(O1)O3. The molecule has 8 rings (SSSR count). The lowest BCUT2D eigenvalue weighted by atomic mass is 9.98. The second kappa shape index (κ2) is 5.83. The summed E-state index contributed by atoms with van der Waals surface area (Å²) >= 11 is 3.42. The van der Waals surface area contributed by atoms with Crippen LogP contribution in [0.2, 0.25) is 0 Å². The van der Waals surface area contributed by atoms with Crippen molar-refractivity contribution in [1.29, 1.82) is 0 Å². The van der Waals surface area contributed by atoms with Crippen molar-refractivity contribution in [2.24, 2.45) is 0 Å². The van der Waals surface area contributed by atoms with Gasteiger partial charge in [0.05, 0.1) is 0 Å². The van der Waals surface area contributed by atoms with E-state index in [1.54, 1.807) is 0 Å². The number of rotatable bonds is 2. The fourth-order valence-electron chi connectivity index (χ4n) is 4.45. The van der Waals surface area contributed by atoms with Crippen LogP contribution in [0.25, 0.3) is 11.2 Å². The quantitative estimate of drug-likeness (QED) is 0.168. The van der Waals surface area contributed by atoms with Gasteiger partial charge in [-0.15, -0.1) is 14.0 Å². The molecule has 0 aromatic carbocycles. The zero-order valence-corrected chi connectivity index (χ0v) is 19.9. The molecule has 0 amide bonds. The topological polar surface area (TPSA) is 260 Å². The average Bonchev–Trinajstić information content (AvgIpc) is 3.32. The summed E-state index contributed by atoms with van der Waals surface area (Å²) in [5.74, 6) is -14.3. The second-order valence-electron chi connectivity index (χ2n) is 7.68. The first-order chi connectivity index (χ1) is 16.8. The third-order valence-electron chi connectivity index (χ3n) is 5.78. The number of aliphatic hydroxyl groups is 3. The first-order valence-corrected chi connectivity index (χ1v) is 13.9. The van der Waals surface area contributed by atoms with Crippen molar-refractivity contribution in [3.8, 4) is 6.01 Å². The normalized spacial score (nSPS) is 49.1. The summed E-state index contributed by atoms with van der Waals surface area (Å²) < 4.78 is 91.1. The first kappa shape index (κ1) is 22.3. The van der Waals surface area contributed by atoms with Crippen molar-refractivity contribution >= 4 is 53.5 Å². The number of imidazole rings is 1. The van der Waals surface area contributed by atoms with Gasteiger partial charge < -0.3 is 19.8 Å². The van der Waals surface area contributed by atoms with Gasteiger partial charge in [-0.1, -0.05) is 5.23 Å². The van der Waals surface area contributed by atoms with E-state index in [1.807, 2.05) is 0 Å². The van der Waals surface area contributed by atoms with Crippen molar-refractivity contribution in [2.45, 2.75) is 23.3 Å². The molecule has 6 aliphatic rings. The molecule has 36 heavy (non-hydrogen) atoms. The number of hydrogen-bond donors (Lipinski definition) is 4. The van der Waals surface area contributed by atoms with Gasteiger partial charge in [0.1, 0.15) is 6.61 Å². The van der Waals surface area contributed by atoms with Crippen LogP contribution in [0, 0.1) is 0 Å². The van der Waals surface area contributed by atoms with Crippen LogP contribution >= 0.6 is 36.4 Å². The molecule has 22 nitrogen and oxygen atoms in total. The molecular formula is C10H6N5O17P3S. The molecule has 26 heteroatoms. The van der Waals surface area contributed by atoms with E-state index in [1.165, 1.54) is 0 Å². The number of fused-ring (bicyclic) bond motifs is 3. The number of nitrogens with zero attached hydrogens (tertiary/aromatic N) is 5. The Kier molecular flexibility index (Phi) is 3.62. The van der Waals surface area contributed by atoms with Crippen LogP contribution in [-0.2, 0) is 55.7 Å². The molecule has 9 bridgehead atoms. The van der Waals surface area contributed by atoms with E-state index in [0.29, 0.717) is 9.30 Å². The number of hydrogen-bond acceptors (Lipinski definition) is 21. The summed E-state index contributed by atoms with van der Waals surface area (Å²) in [6, 6.07) is -0.984. The minimum Gasteiger partial charge on any atom is -0.391 e. The average molecular weight is 593 g/mol. The van der Waals surface area contributed by atoms with E-state index in [2.05, 4.69) is 26.8 Å². The standard InChI is InChI=1S/C10H6N5O17P3S/c16-1-7-8(18)9(19,27-34(21,25-7)26-8)10(24-7)13-4-2-3(17)12-5-14(4)29-33(20,23-6(13)11-2)30-15(5)31-35(22,28-10)32-36/h16,18-19,36H,1H2. The molecule has 2 aromatic rings. The number of thiol groups is 1. The van der Waals surface area contributed by atoms with E-state index in [9.17, 15) is 33.8 Å². The molecule has 2 aromatic heterocycles. The Morgan fingerprint density at radius 3 is 2.42 bits per heavy atom. The van der Waals surface area contributed by atoms with Gasteiger partial charge in [0.15, 0.2) is 11.2 Å². The fourth-order valence-corrected chi connectivity index (χ4v) is 8.52. The number of phosphoric acid groups is 3. The summed E-state index contributed by atoms with van der Waals surface area (Å²) in [5.41, 5.74) is -2.45. The number of aromatic nitrogens is 4. The van der Waals surface area contributed by atoms with Gasteiger partial charge >= 0.3 is 46.7 Å². The molecule has 3 N–H and O–H groups in total. The Morgan fingerprint density at radius 1 is 1.00 bits per heavy atom. The van der Waals surface area contributed by atoms with Gasteiger partial charge in [-0.3, -0.25) is 14.2 Å². The van der Waals surface area contributed by atoms with Crippen molar-refractivity contribution in [2.75, 3.05) is 11.8 Å². The number of phosphoric ester groups is 1. The summed E-state index contributed by atoms with van der Waals surface area (Å²) in [4.78, 5) is 20.2. The van der Waals surface area contributed by atoms with E-state index in [0.717, 1.165) is 0 Å². The minimum atomic E-state index is -5.37. The highest BCUT2D eigenvalue weighted by Crippen LogP contribution is 2.83. The van der Waals surface area contributed by atoms with Crippen LogP contribution in [0.1, 0.15) is 0 Å². The molecule has 3 saturated heterocycles. The smallest absolute Gasteiger partial charge is 0.391 e. The van der Waals surface area contributed by atoms with Gasteiger partial charge in [0, 0.05) is 0 Å². The van der Waals surface area contributed by atoms with E-state index in [4.69, 9.17) is 41.2 Å². The third-order valence-corrected chi connectivity index (χ3v) is 9.99. The van der Waals surface area contributed by atoms with Crippen molar-refractivity contribution in [3.63, 3.8) is 0 Å².